The van der Waals surface area contributed by atoms with Gasteiger partial charge in [-0.25, -0.2) is 5.90 Å². The summed E-state index contributed by atoms with van der Waals surface area (Å²) in [6, 6.07) is 3.66. The second-order valence-electron chi connectivity index (χ2n) is 3.13. The highest BCUT2D eigenvalue weighted by Gasteiger charge is 2.18. The molecule has 0 unspecified atom stereocenters. The normalized spacial score (nSPS) is 13.7. The van der Waals surface area contributed by atoms with Crippen molar-refractivity contribution in [1.29, 1.82) is 0 Å². The summed E-state index contributed by atoms with van der Waals surface area (Å²) in [6.45, 7) is 1.40. The number of fused-ring (bicyclic) bond motifs is 1. The highest BCUT2D eigenvalue weighted by Crippen LogP contribution is 2.40. The van der Waals surface area contributed by atoms with E-state index in [9.17, 15) is 0 Å². The summed E-state index contributed by atoms with van der Waals surface area (Å²) < 4.78 is 16.1. The van der Waals surface area contributed by atoms with Gasteiger partial charge in [-0.3, -0.25) is 4.84 Å². The lowest BCUT2D eigenvalue weighted by molar-refractivity contribution is 0.122. The molecule has 1 heterocycles. The van der Waals surface area contributed by atoms with Crippen LogP contribution in [0.5, 0.6) is 17.2 Å². The van der Waals surface area contributed by atoms with Crippen LogP contribution in [0.1, 0.15) is 5.56 Å². The van der Waals surface area contributed by atoms with Gasteiger partial charge in [0, 0.05) is 0 Å². The van der Waals surface area contributed by atoms with Gasteiger partial charge in [0.15, 0.2) is 11.5 Å². The molecule has 1 aromatic rings. The van der Waals surface area contributed by atoms with Gasteiger partial charge in [-0.05, 0) is 17.7 Å². The van der Waals surface area contributed by atoms with Gasteiger partial charge in [0.1, 0.15) is 13.2 Å². The molecule has 0 saturated carbocycles. The van der Waals surface area contributed by atoms with Crippen LogP contribution < -0.4 is 20.1 Å². The third-order valence-corrected chi connectivity index (χ3v) is 2.14. The summed E-state index contributed by atoms with van der Waals surface area (Å²) in [5.74, 6) is 6.97. The van der Waals surface area contributed by atoms with E-state index in [-0.39, 0.29) is 0 Å². The zero-order valence-corrected chi connectivity index (χ0v) is 8.49. The minimum absolute atomic E-state index is 0.312. The highest BCUT2D eigenvalue weighted by atomic mass is 16.6. The molecular formula is C10H13NO4. The maximum absolute atomic E-state index is 5.46. The number of nitrogens with two attached hydrogens (primary N) is 1. The van der Waals surface area contributed by atoms with Crippen LogP contribution in [0.25, 0.3) is 0 Å². The molecule has 0 aliphatic carbocycles. The number of hydrogen-bond acceptors (Lipinski definition) is 5. The fourth-order valence-electron chi connectivity index (χ4n) is 1.51. The molecule has 2 rings (SSSR count). The van der Waals surface area contributed by atoms with E-state index in [4.69, 9.17) is 20.1 Å². The second-order valence-corrected chi connectivity index (χ2v) is 3.13. The largest absolute Gasteiger partial charge is 0.493 e. The Morgan fingerprint density at radius 3 is 2.87 bits per heavy atom. The molecule has 0 amide bonds. The average molecular weight is 211 g/mol. The molecule has 0 atom stereocenters. The van der Waals surface area contributed by atoms with E-state index in [1.54, 1.807) is 7.11 Å². The van der Waals surface area contributed by atoms with Crippen LogP contribution in [0.4, 0.5) is 0 Å². The molecule has 0 radical (unpaired) electrons. The lowest BCUT2D eigenvalue weighted by Gasteiger charge is -2.21. The molecular weight excluding hydrogens is 198 g/mol. The van der Waals surface area contributed by atoms with Crippen molar-refractivity contribution in [1.82, 2.24) is 0 Å². The molecule has 15 heavy (non-hydrogen) atoms. The van der Waals surface area contributed by atoms with Crippen molar-refractivity contribution in [3.63, 3.8) is 0 Å². The summed E-state index contributed by atoms with van der Waals surface area (Å²) in [5, 5.41) is 0. The van der Waals surface area contributed by atoms with E-state index in [1.165, 1.54) is 0 Å². The second kappa shape index (κ2) is 4.37. The number of ether oxygens (including phenoxy) is 3. The Labute approximate surface area is 87.6 Å². The van der Waals surface area contributed by atoms with Crippen molar-refractivity contribution >= 4 is 0 Å². The molecule has 1 aliphatic heterocycles. The lowest BCUT2D eigenvalue weighted by atomic mass is 10.2. The van der Waals surface area contributed by atoms with E-state index in [0.717, 1.165) is 5.56 Å². The number of methoxy groups -OCH3 is 1. The lowest BCUT2D eigenvalue weighted by Crippen LogP contribution is -2.16. The van der Waals surface area contributed by atoms with E-state index in [0.29, 0.717) is 37.1 Å². The first kappa shape index (κ1) is 10.1. The molecule has 0 saturated heterocycles. The van der Waals surface area contributed by atoms with Crippen molar-refractivity contribution in [3.05, 3.63) is 17.7 Å². The Morgan fingerprint density at radius 2 is 2.13 bits per heavy atom. The molecule has 5 nitrogen and oxygen atoms in total. The smallest absolute Gasteiger partial charge is 0.203 e. The Morgan fingerprint density at radius 1 is 1.33 bits per heavy atom. The van der Waals surface area contributed by atoms with E-state index in [1.807, 2.05) is 12.1 Å². The monoisotopic (exact) mass is 211 g/mol. The maximum Gasteiger partial charge on any atom is 0.203 e. The van der Waals surface area contributed by atoms with Gasteiger partial charge in [0.05, 0.1) is 13.7 Å². The first-order chi connectivity index (χ1) is 7.35. The quantitative estimate of drug-likeness (QED) is 0.751. The highest BCUT2D eigenvalue weighted by molar-refractivity contribution is 5.54. The van der Waals surface area contributed by atoms with Crippen LogP contribution in [0.3, 0.4) is 0 Å². The van der Waals surface area contributed by atoms with Crippen LogP contribution in [0.15, 0.2) is 12.1 Å². The third kappa shape index (κ3) is 1.98. The fourth-order valence-corrected chi connectivity index (χ4v) is 1.51. The first-order valence-electron chi connectivity index (χ1n) is 4.63. The Kier molecular flexibility index (Phi) is 2.94. The minimum atomic E-state index is 0.312. The minimum Gasteiger partial charge on any atom is -0.493 e. The van der Waals surface area contributed by atoms with Gasteiger partial charge < -0.3 is 14.2 Å². The van der Waals surface area contributed by atoms with Gasteiger partial charge >= 0.3 is 0 Å². The zero-order valence-electron chi connectivity index (χ0n) is 8.49. The molecule has 0 bridgehead atoms. The third-order valence-electron chi connectivity index (χ3n) is 2.14. The Hall–Kier alpha value is -1.46. The zero-order chi connectivity index (χ0) is 10.7. The summed E-state index contributed by atoms with van der Waals surface area (Å²) in [7, 11) is 1.58. The van der Waals surface area contributed by atoms with Crippen LogP contribution in [0.2, 0.25) is 0 Å². The van der Waals surface area contributed by atoms with Crippen molar-refractivity contribution in [2.75, 3.05) is 20.3 Å². The van der Waals surface area contributed by atoms with Crippen molar-refractivity contribution in [2.24, 2.45) is 5.90 Å². The first-order valence-corrected chi connectivity index (χ1v) is 4.63. The molecule has 0 spiro atoms. The molecule has 5 heteroatoms. The molecule has 0 aromatic heterocycles. The summed E-state index contributed by atoms with van der Waals surface area (Å²) >= 11 is 0. The van der Waals surface area contributed by atoms with Crippen LogP contribution in [0, 0.1) is 0 Å². The molecule has 1 aromatic carbocycles. The number of rotatable bonds is 3. The summed E-state index contributed by atoms with van der Waals surface area (Å²) in [6.07, 6.45) is 0. The molecule has 0 fully saturated rings. The van der Waals surface area contributed by atoms with E-state index in [2.05, 4.69) is 4.84 Å². The van der Waals surface area contributed by atoms with Crippen LogP contribution in [-0.4, -0.2) is 20.3 Å². The summed E-state index contributed by atoms with van der Waals surface area (Å²) in [4.78, 5) is 4.57. The van der Waals surface area contributed by atoms with Crippen LogP contribution in [-0.2, 0) is 11.4 Å². The van der Waals surface area contributed by atoms with E-state index < -0.39 is 0 Å². The van der Waals surface area contributed by atoms with Gasteiger partial charge in [0.25, 0.3) is 0 Å². The van der Waals surface area contributed by atoms with Crippen molar-refractivity contribution < 1.29 is 19.0 Å². The number of hydrogen-bond donors (Lipinski definition) is 1. The number of benzene rings is 1. The predicted octanol–water partition coefficient (Wildman–Crippen LogP) is 0.857. The van der Waals surface area contributed by atoms with Gasteiger partial charge in [-0.1, -0.05) is 0 Å². The Balaban J connectivity index is 2.38. The van der Waals surface area contributed by atoms with Crippen LogP contribution >= 0.6 is 0 Å². The molecule has 1 aliphatic rings. The predicted molar refractivity (Wildman–Crippen MR) is 53.0 cm³/mol. The SMILES string of the molecule is COc1cc(CON)cc2c1OCCO2. The van der Waals surface area contributed by atoms with E-state index >= 15 is 0 Å². The van der Waals surface area contributed by atoms with Gasteiger partial charge in [-0.15, -0.1) is 0 Å². The summed E-state index contributed by atoms with van der Waals surface area (Å²) in [5.41, 5.74) is 0.888. The van der Waals surface area contributed by atoms with Crippen molar-refractivity contribution in [2.45, 2.75) is 6.61 Å². The average Bonchev–Trinajstić information content (AvgIpc) is 2.28. The van der Waals surface area contributed by atoms with Gasteiger partial charge in [0.2, 0.25) is 5.75 Å². The standard InChI is InChI=1S/C10H13NO4/c1-12-8-4-7(6-15-11)5-9-10(8)14-3-2-13-9/h4-5H,2-3,6,11H2,1H3. The van der Waals surface area contributed by atoms with Crippen molar-refractivity contribution in [3.8, 4) is 17.2 Å². The Bertz CT molecular complexity index is 336. The molecule has 2 N–H and O–H groups in total. The topological polar surface area (TPSA) is 62.9 Å². The van der Waals surface area contributed by atoms with Gasteiger partial charge in [-0.2, -0.15) is 0 Å². The maximum atomic E-state index is 5.46. The fraction of sp³-hybridized carbons (Fsp3) is 0.400. The molecule has 82 valence electrons.